The Morgan fingerprint density at radius 3 is 2.33 bits per heavy atom. The minimum absolute atomic E-state index is 0.297. The van der Waals surface area contributed by atoms with Crippen LogP contribution in [0.25, 0.3) is 11.1 Å². The number of hydrogen-bond donors (Lipinski definition) is 2. The summed E-state index contributed by atoms with van der Waals surface area (Å²) in [5, 5.41) is 0. The topological polar surface area (TPSA) is 75.4 Å². The highest BCUT2D eigenvalue weighted by atomic mass is 32.2. The number of nitrogens with one attached hydrogen (secondary N) is 1. The van der Waals surface area contributed by atoms with Crippen LogP contribution in [0.5, 0.6) is 0 Å². The maximum absolute atomic E-state index is 12.5. The van der Waals surface area contributed by atoms with Crippen LogP contribution in [-0.4, -0.2) is 39.5 Å². The maximum atomic E-state index is 12.5. The van der Waals surface area contributed by atoms with Crippen molar-refractivity contribution in [2.24, 2.45) is 0 Å². The van der Waals surface area contributed by atoms with E-state index in [-0.39, 0.29) is 0 Å². The van der Waals surface area contributed by atoms with Crippen molar-refractivity contribution in [3.8, 4) is 11.1 Å². The molecule has 5 nitrogen and oxygen atoms in total. The summed E-state index contributed by atoms with van der Waals surface area (Å²) in [6.07, 6.45) is 4.46. The van der Waals surface area contributed by atoms with Crippen molar-refractivity contribution in [2.45, 2.75) is 37.5 Å². The molecule has 3 N–H and O–H groups in total. The molecule has 146 valence electrons. The zero-order valence-electron chi connectivity index (χ0n) is 15.9. The Balaban J connectivity index is 1.53. The van der Waals surface area contributed by atoms with Crippen molar-refractivity contribution in [2.75, 3.05) is 31.9 Å². The lowest BCUT2D eigenvalue weighted by atomic mass is 10.0. The highest BCUT2D eigenvalue weighted by Gasteiger charge is 2.14. The van der Waals surface area contributed by atoms with E-state index in [1.54, 1.807) is 12.1 Å². The van der Waals surface area contributed by atoms with E-state index in [2.05, 4.69) is 9.62 Å². The van der Waals surface area contributed by atoms with E-state index in [0.717, 1.165) is 41.8 Å². The first kappa shape index (κ1) is 19.9. The molecular formula is C21H29N3O2S. The first-order valence-electron chi connectivity index (χ1n) is 9.64. The molecule has 1 aliphatic rings. The van der Waals surface area contributed by atoms with E-state index in [9.17, 15) is 8.42 Å². The molecule has 0 spiro atoms. The molecule has 0 aromatic heterocycles. The summed E-state index contributed by atoms with van der Waals surface area (Å²) in [4.78, 5) is 2.75. The van der Waals surface area contributed by atoms with Crippen molar-refractivity contribution in [1.29, 1.82) is 0 Å². The SMILES string of the molecule is Cc1ccc(-c2ccc(S(=O)(=O)NCCCCN3CCCC3)cc2)cc1N. The van der Waals surface area contributed by atoms with Crippen molar-refractivity contribution in [3.63, 3.8) is 0 Å². The Kier molecular flexibility index (Phi) is 6.52. The zero-order valence-corrected chi connectivity index (χ0v) is 16.8. The van der Waals surface area contributed by atoms with Crippen LogP contribution in [0.4, 0.5) is 5.69 Å². The number of nitrogen functional groups attached to an aromatic ring is 1. The molecule has 1 fully saturated rings. The fourth-order valence-electron chi connectivity index (χ4n) is 3.40. The number of aryl methyl sites for hydroxylation is 1. The molecule has 0 unspecified atom stereocenters. The number of likely N-dealkylation sites (tertiary alicyclic amines) is 1. The Morgan fingerprint density at radius 2 is 1.67 bits per heavy atom. The summed E-state index contributed by atoms with van der Waals surface area (Å²) >= 11 is 0. The van der Waals surface area contributed by atoms with Gasteiger partial charge in [0.05, 0.1) is 4.90 Å². The predicted octanol–water partition coefficient (Wildman–Crippen LogP) is 3.40. The summed E-state index contributed by atoms with van der Waals surface area (Å²) in [7, 11) is -3.46. The second kappa shape index (κ2) is 8.87. The van der Waals surface area contributed by atoms with Gasteiger partial charge in [-0.1, -0.05) is 24.3 Å². The summed E-state index contributed by atoms with van der Waals surface area (Å²) in [5.41, 5.74) is 9.67. The van der Waals surface area contributed by atoms with Gasteiger partial charge in [0.2, 0.25) is 10.0 Å². The molecule has 1 aliphatic heterocycles. The average molecular weight is 388 g/mol. The normalized spacial score (nSPS) is 15.3. The van der Waals surface area contributed by atoms with Gasteiger partial charge in [0.1, 0.15) is 0 Å². The van der Waals surface area contributed by atoms with Crippen LogP contribution in [0.2, 0.25) is 0 Å². The second-order valence-electron chi connectivity index (χ2n) is 7.25. The van der Waals surface area contributed by atoms with E-state index >= 15 is 0 Å². The minimum atomic E-state index is -3.46. The lowest BCUT2D eigenvalue weighted by Crippen LogP contribution is -2.26. The molecule has 0 saturated carbocycles. The van der Waals surface area contributed by atoms with Gasteiger partial charge in [-0.3, -0.25) is 0 Å². The Labute approximate surface area is 162 Å². The van der Waals surface area contributed by atoms with Crippen LogP contribution < -0.4 is 10.5 Å². The van der Waals surface area contributed by atoms with Crippen LogP contribution in [0.3, 0.4) is 0 Å². The molecule has 0 aliphatic carbocycles. The number of benzene rings is 2. The second-order valence-corrected chi connectivity index (χ2v) is 9.02. The largest absolute Gasteiger partial charge is 0.398 e. The molecule has 6 heteroatoms. The summed E-state index contributed by atoms with van der Waals surface area (Å²) in [6, 6.07) is 12.8. The van der Waals surface area contributed by atoms with Crippen LogP contribution in [0.1, 0.15) is 31.2 Å². The molecule has 3 rings (SSSR count). The molecular weight excluding hydrogens is 358 g/mol. The number of rotatable bonds is 8. The lowest BCUT2D eigenvalue weighted by molar-refractivity contribution is 0.330. The Hall–Kier alpha value is -1.89. The zero-order chi connectivity index (χ0) is 19.3. The summed E-state index contributed by atoms with van der Waals surface area (Å²) in [5.74, 6) is 0. The van der Waals surface area contributed by atoms with Gasteiger partial charge < -0.3 is 10.6 Å². The molecule has 2 aromatic carbocycles. The van der Waals surface area contributed by atoms with Crippen LogP contribution in [-0.2, 0) is 10.0 Å². The van der Waals surface area contributed by atoms with Gasteiger partial charge in [-0.15, -0.1) is 0 Å². The van der Waals surface area contributed by atoms with Gasteiger partial charge in [0.15, 0.2) is 0 Å². The number of nitrogens with two attached hydrogens (primary N) is 1. The fraction of sp³-hybridized carbons (Fsp3) is 0.429. The van der Waals surface area contributed by atoms with Crippen LogP contribution in [0, 0.1) is 6.92 Å². The molecule has 0 radical (unpaired) electrons. The third kappa shape index (κ3) is 5.31. The van der Waals surface area contributed by atoms with Gasteiger partial charge in [-0.05, 0) is 87.1 Å². The number of sulfonamides is 1. The molecule has 0 atom stereocenters. The third-order valence-corrected chi connectivity index (χ3v) is 6.65. The van der Waals surface area contributed by atoms with E-state index in [0.29, 0.717) is 11.4 Å². The van der Waals surface area contributed by atoms with Crippen molar-refractivity contribution in [3.05, 3.63) is 48.0 Å². The summed E-state index contributed by atoms with van der Waals surface area (Å²) in [6.45, 7) is 5.88. The monoisotopic (exact) mass is 387 g/mol. The highest BCUT2D eigenvalue weighted by molar-refractivity contribution is 7.89. The van der Waals surface area contributed by atoms with E-state index in [4.69, 9.17) is 5.73 Å². The van der Waals surface area contributed by atoms with Crippen LogP contribution in [0.15, 0.2) is 47.4 Å². The van der Waals surface area contributed by atoms with Gasteiger partial charge in [-0.25, -0.2) is 13.1 Å². The van der Waals surface area contributed by atoms with E-state index in [1.807, 2.05) is 37.3 Å². The minimum Gasteiger partial charge on any atom is -0.398 e. The quantitative estimate of drug-likeness (QED) is 0.538. The van der Waals surface area contributed by atoms with Gasteiger partial charge >= 0.3 is 0 Å². The lowest BCUT2D eigenvalue weighted by Gasteiger charge is -2.14. The first-order valence-corrected chi connectivity index (χ1v) is 11.1. The molecule has 0 amide bonds. The van der Waals surface area contributed by atoms with Gasteiger partial charge in [0.25, 0.3) is 0 Å². The predicted molar refractivity (Wildman–Crippen MR) is 111 cm³/mol. The van der Waals surface area contributed by atoms with Crippen molar-refractivity contribution in [1.82, 2.24) is 9.62 Å². The number of unbranched alkanes of at least 4 members (excludes halogenated alkanes) is 1. The van der Waals surface area contributed by atoms with E-state index in [1.165, 1.54) is 25.9 Å². The maximum Gasteiger partial charge on any atom is 0.240 e. The number of anilines is 1. The van der Waals surface area contributed by atoms with Gasteiger partial charge in [-0.2, -0.15) is 0 Å². The smallest absolute Gasteiger partial charge is 0.240 e. The summed E-state index contributed by atoms with van der Waals surface area (Å²) < 4.78 is 27.6. The molecule has 2 aromatic rings. The Morgan fingerprint density at radius 1 is 1.00 bits per heavy atom. The highest BCUT2D eigenvalue weighted by Crippen LogP contribution is 2.25. The fourth-order valence-corrected chi connectivity index (χ4v) is 4.48. The van der Waals surface area contributed by atoms with Crippen molar-refractivity contribution >= 4 is 15.7 Å². The van der Waals surface area contributed by atoms with Crippen molar-refractivity contribution < 1.29 is 8.42 Å². The first-order chi connectivity index (χ1) is 13.0. The number of hydrogen-bond acceptors (Lipinski definition) is 4. The molecule has 1 heterocycles. The number of nitrogens with zero attached hydrogens (tertiary/aromatic N) is 1. The van der Waals surface area contributed by atoms with Gasteiger partial charge in [0, 0.05) is 12.2 Å². The molecule has 27 heavy (non-hydrogen) atoms. The average Bonchev–Trinajstić information content (AvgIpc) is 3.17. The Bertz CT molecular complexity index is 857. The standard InChI is InChI=1S/C21H29N3O2S/c1-17-6-7-19(16-21(17)22)18-8-10-20(11-9-18)27(25,26)23-12-2-3-13-24-14-4-5-15-24/h6-11,16,23H,2-5,12-15,22H2,1H3. The molecule has 0 bridgehead atoms. The van der Waals surface area contributed by atoms with E-state index < -0.39 is 10.0 Å². The van der Waals surface area contributed by atoms with Crippen LogP contribution >= 0.6 is 0 Å². The third-order valence-electron chi connectivity index (χ3n) is 5.17. The molecule has 1 saturated heterocycles.